The third-order valence-corrected chi connectivity index (χ3v) is 4.05. The maximum atomic E-state index is 5.67. The number of rotatable bonds is 4. The molecule has 0 bridgehead atoms. The minimum atomic E-state index is 0.165. The van der Waals surface area contributed by atoms with E-state index in [1.807, 2.05) is 0 Å². The maximum absolute atomic E-state index is 5.67. The van der Waals surface area contributed by atoms with Crippen LogP contribution >= 0.6 is 27.3 Å². The second-order valence-electron chi connectivity index (χ2n) is 4.06. The highest BCUT2D eigenvalue weighted by molar-refractivity contribution is 9.10. The van der Waals surface area contributed by atoms with Gasteiger partial charge in [-0.25, -0.2) is 0 Å². The van der Waals surface area contributed by atoms with E-state index in [4.69, 9.17) is 5.84 Å². The van der Waals surface area contributed by atoms with Crippen LogP contribution in [0.3, 0.4) is 0 Å². The fraction of sp³-hybridized carbons (Fsp3) is 0.231. The Kier molecular flexibility index (Phi) is 4.34. The van der Waals surface area contributed by atoms with E-state index in [1.54, 1.807) is 11.3 Å². The predicted octanol–water partition coefficient (Wildman–Crippen LogP) is 3.57. The summed E-state index contributed by atoms with van der Waals surface area (Å²) in [5.41, 5.74) is 6.73. The Hall–Kier alpha value is -0.680. The summed E-state index contributed by atoms with van der Waals surface area (Å²) in [4.78, 5) is 0. The van der Waals surface area contributed by atoms with Crippen molar-refractivity contribution in [3.63, 3.8) is 0 Å². The average Bonchev–Trinajstić information content (AvgIpc) is 2.79. The van der Waals surface area contributed by atoms with E-state index in [0.29, 0.717) is 0 Å². The first-order chi connectivity index (χ1) is 8.20. The van der Waals surface area contributed by atoms with Gasteiger partial charge in [-0.2, -0.15) is 11.3 Å². The number of thiophene rings is 1. The minimum absolute atomic E-state index is 0.165. The number of nitrogens with two attached hydrogens (primary N) is 1. The van der Waals surface area contributed by atoms with Gasteiger partial charge in [-0.15, -0.1) is 0 Å². The molecule has 0 saturated heterocycles. The first kappa shape index (κ1) is 12.8. The van der Waals surface area contributed by atoms with Crippen molar-refractivity contribution in [2.24, 2.45) is 5.84 Å². The van der Waals surface area contributed by atoms with Gasteiger partial charge >= 0.3 is 0 Å². The van der Waals surface area contributed by atoms with Crippen molar-refractivity contribution in [3.8, 4) is 0 Å². The SMILES string of the molecule is Cc1cc(Br)ccc1C(Cc1ccsc1)NN. The third kappa shape index (κ3) is 3.16. The van der Waals surface area contributed by atoms with Crippen LogP contribution in [0.5, 0.6) is 0 Å². The second-order valence-corrected chi connectivity index (χ2v) is 5.75. The molecular weight excluding hydrogens is 296 g/mol. The number of aryl methyl sites for hydroxylation is 1. The number of nitrogens with one attached hydrogen (secondary N) is 1. The van der Waals surface area contributed by atoms with Gasteiger partial charge in [0.2, 0.25) is 0 Å². The zero-order chi connectivity index (χ0) is 12.3. The van der Waals surface area contributed by atoms with Crippen LogP contribution in [0.1, 0.15) is 22.7 Å². The lowest BCUT2D eigenvalue weighted by Gasteiger charge is -2.18. The van der Waals surface area contributed by atoms with E-state index in [9.17, 15) is 0 Å². The minimum Gasteiger partial charge on any atom is -0.271 e. The predicted molar refractivity (Wildman–Crippen MR) is 77.0 cm³/mol. The molecule has 17 heavy (non-hydrogen) atoms. The van der Waals surface area contributed by atoms with E-state index in [2.05, 4.69) is 63.3 Å². The first-order valence-corrected chi connectivity index (χ1v) is 7.17. The molecule has 0 saturated carbocycles. The molecule has 0 aliphatic heterocycles. The molecule has 4 heteroatoms. The van der Waals surface area contributed by atoms with Crippen molar-refractivity contribution >= 4 is 27.3 Å². The molecule has 0 fully saturated rings. The Balaban J connectivity index is 2.23. The van der Waals surface area contributed by atoms with Crippen molar-refractivity contribution in [2.45, 2.75) is 19.4 Å². The Morgan fingerprint density at radius 3 is 2.82 bits per heavy atom. The van der Waals surface area contributed by atoms with Gasteiger partial charge in [0.15, 0.2) is 0 Å². The van der Waals surface area contributed by atoms with Gasteiger partial charge in [0, 0.05) is 4.47 Å². The van der Waals surface area contributed by atoms with Gasteiger partial charge in [0.1, 0.15) is 0 Å². The first-order valence-electron chi connectivity index (χ1n) is 5.44. The van der Waals surface area contributed by atoms with Gasteiger partial charge in [0.05, 0.1) is 6.04 Å². The molecule has 2 rings (SSSR count). The second kappa shape index (κ2) is 5.78. The molecule has 0 radical (unpaired) electrons. The van der Waals surface area contributed by atoms with Crippen molar-refractivity contribution < 1.29 is 0 Å². The zero-order valence-corrected chi connectivity index (χ0v) is 12.0. The summed E-state index contributed by atoms with van der Waals surface area (Å²) in [6, 6.07) is 8.60. The smallest absolute Gasteiger partial charge is 0.0503 e. The van der Waals surface area contributed by atoms with Crippen LogP contribution in [0.4, 0.5) is 0 Å². The van der Waals surface area contributed by atoms with Gasteiger partial charge in [0.25, 0.3) is 0 Å². The normalized spacial score (nSPS) is 12.6. The lowest BCUT2D eigenvalue weighted by atomic mass is 9.97. The van der Waals surface area contributed by atoms with Crippen LogP contribution in [0.25, 0.3) is 0 Å². The molecular formula is C13H15BrN2S. The molecule has 0 amide bonds. The lowest BCUT2D eigenvalue weighted by molar-refractivity contribution is 0.550. The maximum Gasteiger partial charge on any atom is 0.0503 e. The largest absolute Gasteiger partial charge is 0.271 e. The fourth-order valence-electron chi connectivity index (χ4n) is 1.93. The van der Waals surface area contributed by atoms with Crippen molar-refractivity contribution in [1.29, 1.82) is 0 Å². The molecule has 3 N–H and O–H groups in total. The van der Waals surface area contributed by atoms with Crippen LogP contribution in [0.2, 0.25) is 0 Å². The van der Waals surface area contributed by atoms with Crippen LogP contribution in [0.15, 0.2) is 39.5 Å². The Morgan fingerprint density at radius 2 is 2.24 bits per heavy atom. The van der Waals surface area contributed by atoms with Crippen LogP contribution in [-0.4, -0.2) is 0 Å². The molecule has 90 valence electrons. The van der Waals surface area contributed by atoms with E-state index < -0.39 is 0 Å². The summed E-state index contributed by atoms with van der Waals surface area (Å²) in [5, 5.41) is 4.26. The Bertz CT molecular complexity index is 482. The molecule has 2 aromatic rings. The Morgan fingerprint density at radius 1 is 1.41 bits per heavy atom. The van der Waals surface area contributed by atoms with E-state index in [-0.39, 0.29) is 6.04 Å². The van der Waals surface area contributed by atoms with Crippen molar-refractivity contribution in [1.82, 2.24) is 5.43 Å². The molecule has 1 heterocycles. The fourth-order valence-corrected chi connectivity index (χ4v) is 3.09. The van der Waals surface area contributed by atoms with Gasteiger partial charge < -0.3 is 0 Å². The molecule has 2 nitrogen and oxygen atoms in total. The number of hydrogen-bond acceptors (Lipinski definition) is 3. The van der Waals surface area contributed by atoms with Crippen molar-refractivity contribution in [2.75, 3.05) is 0 Å². The van der Waals surface area contributed by atoms with Gasteiger partial charge in [-0.3, -0.25) is 11.3 Å². The monoisotopic (exact) mass is 310 g/mol. The summed E-state index contributed by atoms with van der Waals surface area (Å²) in [7, 11) is 0. The molecule has 0 aliphatic rings. The molecule has 1 atom stereocenters. The molecule has 0 spiro atoms. The zero-order valence-electron chi connectivity index (χ0n) is 9.61. The third-order valence-electron chi connectivity index (χ3n) is 2.83. The number of halogens is 1. The number of benzene rings is 1. The summed E-state index contributed by atoms with van der Waals surface area (Å²) < 4.78 is 1.10. The van der Waals surface area contributed by atoms with Crippen LogP contribution < -0.4 is 11.3 Å². The standard InChI is InChI=1S/C13H15BrN2S/c1-9-6-11(14)2-3-12(9)13(16-15)7-10-4-5-17-8-10/h2-6,8,13,16H,7,15H2,1H3. The average molecular weight is 311 g/mol. The van der Waals surface area contributed by atoms with E-state index in [0.717, 1.165) is 10.9 Å². The highest BCUT2D eigenvalue weighted by atomic mass is 79.9. The summed E-state index contributed by atoms with van der Waals surface area (Å²) >= 11 is 5.20. The Labute approximate surface area is 114 Å². The van der Waals surface area contributed by atoms with Gasteiger partial charge in [-0.1, -0.05) is 22.0 Å². The highest BCUT2D eigenvalue weighted by Gasteiger charge is 2.13. The molecule has 1 aromatic carbocycles. The van der Waals surface area contributed by atoms with E-state index in [1.165, 1.54) is 16.7 Å². The van der Waals surface area contributed by atoms with E-state index >= 15 is 0 Å². The number of hydrazine groups is 1. The summed E-state index contributed by atoms with van der Waals surface area (Å²) in [6.45, 7) is 2.11. The number of hydrogen-bond donors (Lipinski definition) is 2. The van der Waals surface area contributed by atoms with Crippen LogP contribution in [-0.2, 0) is 6.42 Å². The lowest BCUT2D eigenvalue weighted by Crippen LogP contribution is -2.30. The molecule has 1 unspecified atom stereocenters. The molecule has 0 aliphatic carbocycles. The quantitative estimate of drug-likeness (QED) is 0.669. The summed E-state index contributed by atoms with van der Waals surface area (Å²) in [6.07, 6.45) is 0.919. The summed E-state index contributed by atoms with van der Waals surface area (Å²) in [5.74, 6) is 5.67. The topological polar surface area (TPSA) is 38.0 Å². The van der Waals surface area contributed by atoms with Gasteiger partial charge in [-0.05, 0) is 59.0 Å². The highest BCUT2D eigenvalue weighted by Crippen LogP contribution is 2.24. The molecule has 1 aromatic heterocycles. The van der Waals surface area contributed by atoms with Crippen molar-refractivity contribution in [3.05, 3.63) is 56.2 Å². The van der Waals surface area contributed by atoms with Crippen LogP contribution in [0, 0.1) is 6.92 Å².